The van der Waals surface area contributed by atoms with Crippen molar-refractivity contribution in [3.8, 4) is 0 Å². The molecular weight excluding hydrogens is 418 g/mol. The Morgan fingerprint density at radius 1 is 1.30 bits per heavy atom. The first kappa shape index (κ1) is 22.9. The number of rotatable bonds is 9. The summed E-state index contributed by atoms with van der Waals surface area (Å²) in [6.07, 6.45) is 5.31. The van der Waals surface area contributed by atoms with E-state index in [0.717, 1.165) is 28.6 Å². The van der Waals surface area contributed by atoms with E-state index in [2.05, 4.69) is 15.3 Å². The van der Waals surface area contributed by atoms with Crippen molar-refractivity contribution >= 4 is 22.7 Å². The molecule has 3 heterocycles. The largest absolute Gasteiger partial charge is 0.384 e. The molecule has 0 saturated carbocycles. The first-order valence-electron chi connectivity index (χ1n) is 11.3. The molecule has 2 aromatic heterocycles. The van der Waals surface area contributed by atoms with Crippen LogP contribution in [0, 0.1) is 5.92 Å². The molecule has 0 radical (unpaired) electrons. The van der Waals surface area contributed by atoms with Crippen LogP contribution >= 0.6 is 0 Å². The zero-order valence-corrected chi connectivity index (χ0v) is 18.9. The van der Waals surface area contributed by atoms with Crippen LogP contribution in [0.3, 0.4) is 0 Å². The number of carbonyl (C=O) groups is 2. The topological polar surface area (TPSA) is 113 Å². The van der Waals surface area contributed by atoms with Crippen molar-refractivity contribution in [3.63, 3.8) is 0 Å². The highest BCUT2D eigenvalue weighted by Crippen LogP contribution is 2.25. The number of nitrogens with two attached hydrogens (primary N) is 1. The average molecular weight is 450 g/mol. The maximum Gasteiger partial charge on any atom is 0.243 e. The second-order valence-electron chi connectivity index (χ2n) is 8.67. The minimum Gasteiger partial charge on any atom is -0.384 e. The van der Waals surface area contributed by atoms with Gasteiger partial charge in [0.2, 0.25) is 11.8 Å². The summed E-state index contributed by atoms with van der Waals surface area (Å²) in [4.78, 5) is 35.3. The van der Waals surface area contributed by atoms with Crippen molar-refractivity contribution in [1.29, 1.82) is 0 Å². The summed E-state index contributed by atoms with van der Waals surface area (Å²) in [6, 6.07) is 12.6. The van der Waals surface area contributed by atoms with Crippen LogP contribution in [0.25, 0.3) is 10.9 Å². The van der Waals surface area contributed by atoms with Gasteiger partial charge in [-0.25, -0.2) is 0 Å². The Hall–Kier alpha value is -3.23. The molecule has 174 valence electrons. The van der Waals surface area contributed by atoms with Gasteiger partial charge in [-0.2, -0.15) is 0 Å². The quantitative estimate of drug-likeness (QED) is 0.462. The summed E-state index contributed by atoms with van der Waals surface area (Å²) in [6.45, 7) is 1.32. The molecular formula is C25H31N5O3. The highest BCUT2D eigenvalue weighted by Gasteiger charge is 2.40. The average Bonchev–Trinajstić information content (AvgIpc) is 3.45. The minimum absolute atomic E-state index is 0.107. The van der Waals surface area contributed by atoms with Crippen LogP contribution in [-0.2, 0) is 27.3 Å². The van der Waals surface area contributed by atoms with E-state index in [4.69, 9.17) is 10.5 Å². The molecule has 4 N–H and O–H groups in total. The van der Waals surface area contributed by atoms with E-state index in [9.17, 15) is 9.59 Å². The SMILES string of the molecule is COC[C@H]1C[C@@H](C(=O)NCc2cc3cnccc3[nH]2)N(C(=O)[C@H](N)CCc2ccccc2)C1. The zero-order chi connectivity index (χ0) is 23.2. The number of hydrogen-bond acceptors (Lipinski definition) is 5. The van der Waals surface area contributed by atoms with E-state index in [1.807, 2.05) is 42.5 Å². The number of nitrogens with one attached hydrogen (secondary N) is 2. The van der Waals surface area contributed by atoms with Gasteiger partial charge in [0.05, 0.1) is 19.2 Å². The third-order valence-electron chi connectivity index (χ3n) is 6.21. The molecule has 0 spiro atoms. The van der Waals surface area contributed by atoms with Crippen LogP contribution in [-0.4, -0.2) is 59.0 Å². The van der Waals surface area contributed by atoms with Gasteiger partial charge >= 0.3 is 0 Å². The number of aromatic amines is 1. The second kappa shape index (κ2) is 10.6. The first-order valence-corrected chi connectivity index (χ1v) is 11.3. The van der Waals surface area contributed by atoms with E-state index in [1.165, 1.54) is 0 Å². The number of H-pyrrole nitrogens is 1. The van der Waals surface area contributed by atoms with Crippen molar-refractivity contribution in [2.24, 2.45) is 11.7 Å². The molecule has 1 aliphatic rings. The number of likely N-dealkylation sites (tertiary alicyclic amines) is 1. The smallest absolute Gasteiger partial charge is 0.243 e. The summed E-state index contributed by atoms with van der Waals surface area (Å²) >= 11 is 0. The Kier molecular flexibility index (Phi) is 7.36. The van der Waals surface area contributed by atoms with Crippen LogP contribution in [0.2, 0.25) is 0 Å². The van der Waals surface area contributed by atoms with Gasteiger partial charge in [0.15, 0.2) is 0 Å². The molecule has 0 bridgehead atoms. The maximum atomic E-state index is 13.2. The summed E-state index contributed by atoms with van der Waals surface area (Å²) in [5.74, 6) is -0.245. The van der Waals surface area contributed by atoms with Gasteiger partial charge < -0.3 is 25.7 Å². The molecule has 4 rings (SSSR count). The fourth-order valence-electron chi connectivity index (χ4n) is 4.50. The summed E-state index contributed by atoms with van der Waals surface area (Å²) < 4.78 is 5.30. The molecule has 1 fully saturated rings. The molecule has 0 aliphatic carbocycles. The predicted molar refractivity (Wildman–Crippen MR) is 126 cm³/mol. The van der Waals surface area contributed by atoms with E-state index in [1.54, 1.807) is 24.4 Å². The van der Waals surface area contributed by atoms with Gasteiger partial charge in [-0.05, 0) is 37.0 Å². The van der Waals surface area contributed by atoms with Crippen LogP contribution in [0.5, 0.6) is 0 Å². The minimum atomic E-state index is -0.650. The Labute approximate surface area is 193 Å². The lowest BCUT2D eigenvalue weighted by Crippen LogP contribution is -2.51. The molecule has 1 aromatic carbocycles. The Morgan fingerprint density at radius 3 is 2.88 bits per heavy atom. The van der Waals surface area contributed by atoms with Gasteiger partial charge in [-0.1, -0.05) is 30.3 Å². The molecule has 3 aromatic rings. The standard InChI is InChI=1S/C25H31N5O3/c1-33-16-18-11-23(24(31)28-14-20-12-19-13-27-10-9-22(19)29-20)30(15-18)25(32)21(26)8-7-17-5-3-2-4-6-17/h2-6,9-10,12-13,18,21,23,29H,7-8,11,14-16,26H2,1H3,(H,28,31)/t18-,21+,23-/m0/s1. The van der Waals surface area contributed by atoms with Crippen molar-refractivity contribution in [3.05, 3.63) is 66.1 Å². The summed E-state index contributed by atoms with van der Waals surface area (Å²) in [5.41, 5.74) is 9.26. The Morgan fingerprint density at radius 2 is 2.12 bits per heavy atom. The van der Waals surface area contributed by atoms with Crippen molar-refractivity contribution < 1.29 is 14.3 Å². The second-order valence-corrected chi connectivity index (χ2v) is 8.67. The maximum absolute atomic E-state index is 13.2. The van der Waals surface area contributed by atoms with Crippen LogP contribution in [0.4, 0.5) is 0 Å². The van der Waals surface area contributed by atoms with Crippen molar-refractivity contribution in [2.45, 2.75) is 37.9 Å². The third-order valence-corrected chi connectivity index (χ3v) is 6.21. The first-order chi connectivity index (χ1) is 16.0. The number of pyridine rings is 1. The Balaban J connectivity index is 1.39. The highest BCUT2D eigenvalue weighted by atomic mass is 16.5. The van der Waals surface area contributed by atoms with Gasteiger partial charge in [0, 0.05) is 48.6 Å². The Bertz CT molecular complexity index is 1050. The summed E-state index contributed by atoms with van der Waals surface area (Å²) in [7, 11) is 1.63. The van der Waals surface area contributed by atoms with Crippen molar-refractivity contribution in [1.82, 2.24) is 20.2 Å². The third kappa shape index (κ3) is 5.58. The summed E-state index contributed by atoms with van der Waals surface area (Å²) in [5, 5.41) is 3.97. The van der Waals surface area contributed by atoms with Crippen LogP contribution < -0.4 is 11.1 Å². The highest BCUT2D eigenvalue weighted by molar-refractivity contribution is 5.90. The van der Waals surface area contributed by atoms with Crippen LogP contribution in [0.15, 0.2) is 54.9 Å². The molecule has 8 nitrogen and oxygen atoms in total. The number of nitrogens with zero attached hydrogens (tertiary/aromatic N) is 2. The van der Waals surface area contributed by atoms with Crippen molar-refractivity contribution in [2.75, 3.05) is 20.3 Å². The van der Waals surface area contributed by atoms with Crippen LogP contribution in [0.1, 0.15) is 24.1 Å². The molecule has 2 amide bonds. The molecule has 0 unspecified atom stereocenters. The number of aromatic nitrogens is 2. The van der Waals surface area contributed by atoms with Gasteiger partial charge in [-0.15, -0.1) is 0 Å². The van der Waals surface area contributed by atoms with E-state index in [0.29, 0.717) is 32.5 Å². The van der Waals surface area contributed by atoms with Gasteiger partial charge in [-0.3, -0.25) is 14.6 Å². The molecule has 33 heavy (non-hydrogen) atoms. The number of fused-ring (bicyclic) bond motifs is 1. The lowest BCUT2D eigenvalue weighted by Gasteiger charge is -2.26. The molecule has 8 heteroatoms. The van der Waals surface area contributed by atoms with E-state index in [-0.39, 0.29) is 17.7 Å². The number of carbonyl (C=O) groups excluding carboxylic acids is 2. The van der Waals surface area contributed by atoms with Gasteiger partial charge in [0.1, 0.15) is 6.04 Å². The number of hydrogen-bond donors (Lipinski definition) is 3. The van der Waals surface area contributed by atoms with Gasteiger partial charge in [0.25, 0.3) is 0 Å². The zero-order valence-electron chi connectivity index (χ0n) is 18.9. The van der Waals surface area contributed by atoms with E-state index >= 15 is 0 Å². The fourth-order valence-corrected chi connectivity index (χ4v) is 4.50. The molecule has 1 saturated heterocycles. The fraction of sp³-hybridized carbons (Fsp3) is 0.400. The normalized spacial score (nSPS) is 19.0. The van der Waals surface area contributed by atoms with E-state index < -0.39 is 12.1 Å². The predicted octanol–water partition coefficient (Wildman–Crippen LogP) is 2.00. The monoisotopic (exact) mass is 449 g/mol. The molecule has 3 atom stereocenters. The lowest BCUT2D eigenvalue weighted by atomic mass is 10.0. The number of aryl methyl sites for hydroxylation is 1. The number of amides is 2. The number of benzene rings is 1. The number of ether oxygens (including phenoxy) is 1. The number of methoxy groups -OCH3 is 1. The lowest BCUT2D eigenvalue weighted by molar-refractivity contribution is -0.139. The molecule has 1 aliphatic heterocycles.